The second-order valence-corrected chi connectivity index (χ2v) is 5.22. The van der Waals surface area contributed by atoms with Gasteiger partial charge in [0.25, 0.3) is 0 Å². The van der Waals surface area contributed by atoms with Crippen molar-refractivity contribution in [1.82, 2.24) is 5.32 Å². The summed E-state index contributed by atoms with van der Waals surface area (Å²) in [6.45, 7) is 7.52. The highest BCUT2D eigenvalue weighted by molar-refractivity contribution is 5.56. The van der Waals surface area contributed by atoms with Gasteiger partial charge < -0.3 is 19.5 Å². The zero-order valence-electron chi connectivity index (χ0n) is 14.2. The van der Waals surface area contributed by atoms with Crippen LogP contribution in [0, 0.1) is 5.92 Å². The second-order valence-electron chi connectivity index (χ2n) is 5.22. The third-order valence-corrected chi connectivity index (χ3v) is 3.81. The minimum Gasteiger partial charge on any atom is -0.493 e. The van der Waals surface area contributed by atoms with E-state index in [0.29, 0.717) is 17.4 Å². The molecule has 1 aromatic rings. The molecule has 0 heterocycles. The molecule has 1 rings (SSSR count). The fraction of sp³-hybridized carbons (Fsp3) is 0.647. The molecule has 2 atom stereocenters. The van der Waals surface area contributed by atoms with E-state index in [9.17, 15) is 0 Å². The molecule has 2 unspecified atom stereocenters. The lowest BCUT2D eigenvalue weighted by molar-refractivity contribution is 0.308. The molecule has 0 aromatic heterocycles. The topological polar surface area (TPSA) is 39.7 Å². The zero-order valence-corrected chi connectivity index (χ0v) is 14.2. The van der Waals surface area contributed by atoms with Crippen molar-refractivity contribution in [2.24, 2.45) is 5.92 Å². The van der Waals surface area contributed by atoms with Crippen LogP contribution < -0.4 is 19.5 Å². The Bertz CT molecular complexity index is 434. The summed E-state index contributed by atoms with van der Waals surface area (Å²) in [5.41, 5.74) is 1.12. The van der Waals surface area contributed by atoms with Crippen LogP contribution in [0.1, 0.15) is 45.2 Å². The first kappa shape index (κ1) is 17.6. The zero-order chi connectivity index (χ0) is 15.8. The third kappa shape index (κ3) is 4.03. The number of nitrogens with one attached hydrogen (secondary N) is 1. The summed E-state index contributed by atoms with van der Waals surface area (Å²) in [6, 6.07) is 4.25. The number of hydrogen-bond acceptors (Lipinski definition) is 4. The van der Waals surface area contributed by atoms with E-state index in [2.05, 4.69) is 32.2 Å². The summed E-state index contributed by atoms with van der Waals surface area (Å²) < 4.78 is 16.5. The van der Waals surface area contributed by atoms with Crippen molar-refractivity contribution in [1.29, 1.82) is 0 Å². The normalized spacial score (nSPS) is 13.6. The fourth-order valence-corrected chi connectivity index (χ4v) is 2.83. The van der Waals surface area contributed by atoms with E-state index in [-0.39, 0.29) is 6.04 Å². The standard InChI is InChI=1S/C17H29NO3/c1-7-9-12(3)15(18-8-2)13-10-11-14(19-4)17(21-6)16(13)20-5/h10-12,15,18H,7-9H2,1-6H3. The molecule has 1 aromatic carbocycles. The molecule has 1 N–H and O–H groups in total. The van der Waals surface area contributed by atoms with Crippen LogP contribution in [0.15, 0.2) is 12.1 Å². The molecule has 21 heavy (non-hydrogen) atoms. The quantitative estimate of drug-likeness (QED) is 0.752. The molecular formula is C17H29NO3. The van der Waals surface area contributed by atoms with Crippen molar-refractivity contribution in [3.63, 3.8) is 0 Å². The fourth-order valence-electron chi connectivity index (χ4n) is 2.83. The van der Waals surface area contributed by atoms with Crippen LogP contribution in [0.4, 0.5) is 0 Å². The average molecular weight is 295 g/mol. The van der Waals surface area contributed by atoms with Gasteiger partial charge in [-0.15, -0.1) is 0 Å². The SMILES string of the molecule is CCCC(C)C(NCC)c1ccc(OC)c(OC)c1OC. The van der Waals surface area contributed by atoms with Gasteiger partial charge in [0.15, 0.2) is 11.5 Å². The third-order valence-electron chi connectivity index (χ3n) is 3.81. The maximum Gasteiger partial charge on any atom is 0.203 e. The lowest BCUT2D eigenvalue weighted by Crippen LogP contribution is -2.27. The summed E-state index contributed by atoms with van der Waals surface area (Å²) >= 11 is 0. The largest absolute Gasteiger partial charge is 0.493 e. The first-order valence-corrected chi connectivity index (χ1v) is 7.66. The number of ether oxygens (including phenoxy) is 3. The van der Waals surface area contributed by atoms with E-state index in [4.69, 9.17) is 14.2 Å². The van der Waals surface area contributed by atoms with Crippen molar-refractivity contribution < 1.29 is 14.2 Å². The Labute approximate surface area is 128 Å². The monoisotopic (exact) mass is 295 g/mol. The van der Waals surface area contributed by atoms with Gasteiger partial charge in [-0.05, 0) is 31.0 Å². The Morgan fingerprint density at radius 3 is 2.14 bits per heavy atom. The Hall–Kier alpha value is -1.42. The average Bonchev–Trinajstić information content (AvgIpc) is 2.51. The van der Waals surface area contributed by atoms with Gasteiger partial charge in [-0.2, -0.15) is 0 Å². The lowest BCUT2D eigenvalue weighted by Gasteiger charge is -2.27. The maximum absolute atomic E-state index is 5.62. The van der Waals surface area contributed by atoms with Gasteiger partial charge in [0, 0.05) is 11.6 Å². The molecule has 120 valence electrons. The predicted molar refractivity (Wildman–Crippen MR) is 86.6 cm³/mol. The molecule has 0 radical (unpaired) electrons. The molecule has 0 fully saturated rings. The highest BCUT2D eigenvalue weighted by Gasteiger charge is 2.25. The van der Waals surface area contributed by atoms with Gasteiger partial charge >= 0.3 is 0 Å². The van der Waals surface area contributed by atoms with Crippen LogP contribution in [-0.4, -0.2) is 27.9 Å². The Morgan fingerprint density at radius 1 is 1.00 bits per heavy atom. The van der Waals surface area contributed by atoms with E-state index in [1.54, 1.807) is 21.3 Å². The van der Waals surface area contributed by atoms with E-state index in [1.807, 2.05) is 6.07 Å². The Balaban J connectivity index is 3.30. The van der Waals surface area contributed by atoms with Crippen molar-refractivity contribution in [3.05, 3.63) is 17.7 Å². The summed E-state index contributed by atoms with van der Waals surface area (Å²) in [5, 5.41) is 3.57. The van der Waals surface area contributed by atoms with Gasteiger partial charge in [0.2, 0.25) is 5.75 Å². The minimum absolute atomic E-state index is 0.240. The van der Waals surface area contributed by atoms with E-state index in [1.165, 1.54) is 6.42 Å². The smallest absolute Gasteiger partial charge is 0.203 e. The number of rotatable bonds is 9. The molecule has 4 nitrogen and oxygen atoms in total. The molecular weight excluding hydrogens is 266 g/mol. The van der Waals surface area contributed by atoms with E-state index in [0.717, 1.165) is 24.3 Å². The van der Waals surface area contributed by atoms with Gasteiger partial charge in [-0.25, -0.2) is 0 Å². The second kappa shape index (κ2) is 8.78. The number of methoxy groups -OCH3 is 3. The highest BCUT2D eigenvalue weighted by atomic mass is 16.5. The summed E-state index contributed by atoms with van der Waals surface area (Å²) in [4.78, 5) is 0. The summed E-state index contributed by atoms with van der Waals surface area (Å²) in [5.74, 6) is 2.62. The molecule has 0 saturated carbocycles. The van der Waals surface area contributed by atoms with Crippen molar-refractivity contribution in [2.75, 3.05) is 27.9 Å². The van der Waals surface area contributed by atoms with Crippen LogP contribution >= 0.6 is 0 Å². The van der Waals surface area contributed by atoms with Gasteiger partial charge in [-0.1, -0.05) is 27.2 Å². The summed E-state index contributed by atoms with van der Waals surface area (Å²) in [6.07, 6.45) is 2.33. The Kier molecular flexibility index (Phi) is 7.37. The van der Waals surface area contributed by atoms with Crippen LogP contribution in [0.25, 0.3) is 0 Å². The van der Waals surface area contributed by atoms with Crippen LogP contribution in [0.3, 0.4) is 0 Å². The van der Waals surface area contributed by atoms with Crippen molar-refractivity contribution >= 4 is 0 Å². The van der Waals surface area contributed by atoms with Crippen molar-refractivity contribution in [3.8, 4) is 17.2 Å². The lowest BCUT2D eigenvalue weighted by atomic mass is 9.90. The number of benzene rings is 1. The minimum atomic E-state index is 0.240. The highest BCUT2D eigenvalue weighted by Crippen LogP contribution is 2.43. The van der Waals surface area contributed by atoms with Crippen molar-refractivity contribution in [2.45, 2.75) is 39.7 Å². The van der Waals surface area contributed by atoms with Gasteiger partial charge in [0.05, 0.1) is 21.3 Å². The predicted octanol–water partition coefficient (Wildman–Crippen LogP) is 3.80. The van der Waals surface area contributed by atoms with Gasteiger partial charge in [-0.3, -0.25) is 0 Å². The van der Waals surface area contributed by atoms with Crippen LogP contribution in [-0.2, 0) is 0 Å². The van der Waals surface area contributed by atoms with Crippen LogP contribution in [0.5, 0.6) is 17.2 Å². The first-order chi connectivity index (χ1) is 10.1. The van der Waals surface area contributed by atoms with E-state index >= 15 is 0 Å². The first-order valence-electron chi connectivity index (χ1n) is 7.66. The maximum atomic E-state index is 5.62. The molecule has 0 aliphatic rings. The molecule has 0 spiro atoms. The molecule has 0 amide bonds. The molecule has 0 saturated heterocycles. The Morgan fingerprint density at radius 2 is 1.67 bits per heavy atom. The molecule has 0 aliphatic heterocycles. The van der Waals surface area contributed by atoms with E-state index < -0.39 is 0 Å². The molecule has 4 heteroatoms. The molecule has 0 bridgehead atoms. The number of hydrogen-bond donors (Lipinski definition) is 1. The van der Waals surface area contributed by atoms with Gasteiger partial charge in [0.1, 0.15) is 0 Å². The summed E-state index contributed by atoms with van der Waals surface area (Å²) in [7, 11) is 4.95. The molecule has 0 aliphatic carbocycles. The van der Waals surface area contributed by atoms with Crippen LogP contribution in [0.2, 0.25) is 0 Å².